The maximum Gasteiger partial charge on any atom is 0.255 e. The number of hydrogen-bond donors (Lipinski definition) is 1. The zero-order valence-corrected chi connectivity index (χ0v) is 19.4. The summed E-state index contributed by atoms with van der Waals surface area (Å²) in [7, 11) is -3.67. The van der Waals surface area contributed by atoms with Crippen LogP contribution >= 0.6 is 0 Å². The van der Waals surface area contributed by atoms with Crippen molar-refractivity contribution in [2.75, 3.05) is 23.3 Å². The Morgan fingerprint density at radius 2 is 1.58 bits per heavy atom. The Labute approximate surface area is 193 Å². The van der Waals surface area contributed by atoms with Crippen molar-refractivity contribution in [1.82, 2.24) is 4.31 Å². The van der Waals surface area contributed by atoms with E-state index >= 15 is 0 Å². The number of sulfonamides is 1. The van der Waals surface area contributed by atoms with Crippen molar-refractivity contribution >= 4 is 39.1 Å². The van der Waals surface area contributed by atoms with Gasteiger partial charge in [-0.2, -0.15) is 4.31 Å². The van der Waals surface area contributed by atoms with E-state index in [-0.39, 0.29) is 35.1 Å². The zero-order valence-electron chi connectivity index (χ0n) is 18.5. The van der Waals surface area contributed by atoms with Gasteiger partial charge in [-0.05, 0) is 55.7 Å². The van der Waals surface area contributed by atoms with E-state index < -0.39 is 15.9 Å². The lowest BCUT2D eigenvalue weighted by Gasteiger charge is -2.21. The molecule has 0 aliphatic carbocycles. The summed E-state index contributed by atoms with van der Waals surface area (Å²) < 4.78 is 28.1. The van der Waals surface area contributed by atoms with Gasteiger partial charge in [0.1, 0.15) is 0 Å². The van der Waals surface area contributed by atoms with Gasteiger partial charge in [-0.3, -0.25) is 19.3 Å². The number of rotatable bonds is 5. The number of amides is 3. The molecule has 0 aromatic heterocycles. The molecule has 0 spiro atoms. The molecule has 33 heavy (non-hydrogen) atoms. The normalized spacial score (nSPS) is 17.8. The topological polar surface area (TPSA) is 104 Å². The zero-order chi connectivity index (χ0) is 23.6. The highest BCUT2D eigenvalue weighted by Crippen LogP contribution is 2.27. The van der Waals surface area contributed by atoms with E-state index in [9.17, 15) is 22.8 Å². The molecule has 0 saturated carbocycles. The average Bonchev–Trinajstić information content (AvgIpc) is 2.98. The van der Waals surface area contributed by atoms with Gasteiger partial charge >= 0.3 is 0 Å². The quantitative estimate of drug-likeness (QED) is 0.676. The van der Waals surface area contributed by atoms with Crippen LogP contribution in [0.3, 0.4) is 0 Å². The summed E-state index contributed by atoms with van der Waals surface area (Å²) in [6.07, 6.45) is 4.05. The van der Waals surface area contributed by atoms with Crippen LogP contribution in [-0.2, 0) is 19.6 Å². The van der Waals surface area contributed by atoms with Crippen molar-refractivity contribution in [1.29, 1.82) is 0 Å². The lowest BCUT2D eigenvalue weighted by molar-refractivity contribution is -0.121. The van der Waals surface area contributed by atoms with Crippen LogP contribution in [0.4, 0.5) is 11.4 Å². The van der Waals surface area contributed by atoms with Crippen LogP contribution in [0.2, 0.25) is 0 Å². The first-order chi connectivity index (χ1) is 15.8. The van der Waals surface area contributed by atoms with E-state index in [1.807, 2.05) is 0 Å². The number of nitrogens with one attached hydrogen (secondary N) is 1. The summed E-state index contributed by atoms with van der Waals surface area (Å²) in [5, 5.41) is 2.74. The van der Waals surface area contributed by atoms with Gasteiger partial charge in [-0.1, -0.05) is 25.0 Å². The van der Waals surface area contributed by atoms with Crippen molar-refractivity contribution in [2.45, 2.75) is 50.3 Å². The second-order valence-electron chi connectivity index (χ2n) is 8.43. The molecular weight excluding hydrogens is 442 g/mol. The molecular formula is C24H27N3O5S. The summed E-state index contributed by atoms with van der Waals surface area (Å²) in [4.78, 5) is 38.2. The molecule has 0 bridgehead atoms. The molecule has 8 nitrogen and oxygen atoms in total. The minimum absolute atomic E-state index is 0.160. The molecule has 9 heteroatoms. The number of carbonyl (C=O) groups is 3. The number of benzene rings is 2. The van der Waals surface area contributed by atoms with Crippen molar-refractivity contribution in [3.8, 4) is 0 Å². The molecule has 2 aromatic carbocycles. The second-order valence-corrected chi connectivity index (χ2v) is 10.3. The molecule has 2 heterocycles. The molecule has 1 N–H and O–H groups in total. The Hall–Kier alpha value is -3.04. The molecule has 2 aliphatic heterocycles. The van der Waals surface area contributed by atoms with Gasteiger partial charge < -0.3 is 5.32 Å². The van der Waals surface area contributed by atoms with Gasteiger partial charge in [0.15, 0.2) is 0 Å². The standard InChI is InChI=1S/C24H27N3O5S/c1-17-9-10-19(16-21(17)33(31,32)26-13-4-2-3-5-14-26)25-24(30)18-7-6-8-20(15-18)27-22(28)11-12-23(27)29/h6-10,15-16H,2-5,11-14H2,1H3,(H,25,30). The van der Waals surface area contributed by atoms with Crippen molar-refractivity contribution in [3.05, 3.63) is 53.6 Å². The number of carbonyl (C=O) groups excluding carboxylic acids is 3. The minimum Gasteiger partial charge on any atom is -0.322 e. The number of hydrogen-bond acceptors (Lipinski definition) is 5. The average molecular weight is 470 g/mol. The first-order valence-electron chi connectivity index (χ1n) is 11.2. The molecule has 2 fully saturated rings. The molecule has 2 aromatic rings. The smallest absolute Gasteiger partial charge is 0.255 e. The highest BCUT2D eigenvalue weighted by molar-refractivity contribution is 7.89. The Kier molecular flexibility index (Phi) is 6.62. The van der Waals surface area contributed by atoms with Crippen LogP contribution in [0.15, 0.2) is 47.4 Å². The predicted octanol–water partition coefficient (Wildman–Crippen LogP) is 3.47. The monoisotopic (exact) mass is 469 g/mol. The number of imide groups is 1. The molecule has 2 aliphatic rings. The predicted molar refractivity (Wildman–Crippen MR) is 125 cm³/mol. The Morgan fingerprint density at radius 3 is 2.24 bits per heavy atom. The molecule has 4 rings (SSSR count). The first-order valence-corrected chi connectivity index (χ1v) is 12.6. The summed E-state index contributed by atoms with van der Waals surface area (Å²) >= 11 is 0. The van der Waals surface area contributed by atoms with Crippen LogP contribution in [0.25, 0.3) is 0 Å². The first kappa shape index (κ1) is 23.1. The van der Waals surface area contributed by atoms with E-state index in [1.165, 1.54) is 16.4 Å². The number of nitrogens with zero attached hydrogens (tertiary/aromatic N) is 2. The molecule has 2 saturated heterocycles. The van der Waals surface area contributed by atoms with Crippen molar-refractivity contribution in [2.24, 2.45) is 0 Å². The van der Waals surface area contributed by atoms with Crippen molar-refractivity contribution in [3.63, 3.8) is 0 Å². The van der Waals surface area contributed by atoms with Crippen LogP contribution in [-0.4, -0.2) is 43.5 Å². The maximum atomic E-state index is 13.3. The Balaban J connectivity index is 1.56. The number of aryl methyl sites for hydroxylation is 1. The summed E-state index contributed by atoms with van der Waals surface area (Å²) in [6.45, 7) is 2.74. The highest BCUT2D eigenvalue weighted by Gasteiger charge is 2.31. The third-order valence-corrected chi connectivity index (χ3v) is 8.09. The third kappa shape index (κ3) is 4.84. The number of anilines is 2. The fraction of sp³-hybridized carbons (Fsp3) is 0.375. The third-order valence-electron chi connectivity index (χ3n) is 6.05. The van der Waals surface area contributed by atoms with E-state index in [1.54, 1.807) is 37.3 Å². The van der Waals surface area contributed by atoms with Gasteiger partial charge in [0.25, 0.3) is 5.91 Å². The summed E-state index contributed by atoms with van der Waals surface area (Å²) in [5.41, 5.74) is 1.59. The van der Waals surface area contributed by atoms with Crippen LogP contribution in [0.5, 0.6) is 0 Å². The Bertz CT molecular complexity index is 1180. The lowest BCUT2D eigenvalue weighted by atomic mass is 10.1. The minimum atomic E-state index is -3.67. The summed E-state index contributed by atoms with van der Waals surface area (Å²) in [6, 6.07) is 11.1. The molecule has 174 valence electrons. The van der Waals surface area contributed by atoms with E-state index in [2.05, 4.69) is 5.32 Å². The van der Waals surface area contributed by atoms with E-state index in [4.69, 9.17) is 0 Å². The van der Waals surface area contributed by atoms with Crippen molar-refractivity contribution < 1.29 is 22.8 Å². The molecule has 0 atom stereocenters. The Morgan fingerprint density at radius 1 is 0.909 bits per heavy atom. The largest absolute Gasteiger partial charge is 0.322 e. The second kappa shape index (κ2) is 9.44. The van der Waals surface area contributed by atoms with Gasteiger partial charge in [-0.15, -0.1) is 0 Å². The van der Waals surface area contributed by atoms with Crippen LogP contribution in [0.1, 0.15) is 54.4 Å². The fourth-order valence-corrected chi connectivity index (χ4v) is 6.00. The van der Waals surface area contributed by atoms with Gasteiger partial charge in [-0.25, -0.2) is 8.42 Å². The van der Waals surface area contributed by atoms with Gasteiger partial charge in [0, 0.05) is 37.2 Å². The molecule has 0 unspecified atom stereocenters. The highest BCUT2D eigenvalue weighted by atomic mass is 32.2. The van der Waals surface area contributed by atoms with Crippen LogP contribution < -0.4 is 10.2 Å². The van der Waals surface area contributed by atoms with E-state index in [0.29, 0.717) is 30.0 Å². The van der Waals surface area contributed by atoms with Crippen LogP contribution in [0, 0.1) is 6.92 Å². The SMILES string of the molecule is Cc1ccc(NC(=O)c2cccc(N3C(=O)CCC3=O)c2)cc1S(=O)(=O)N1CCCCCC1. The fourth-order valence-electron chi connectivity index (χ4n) is 4.23. The lowest BCUT2D eigenvalue weighted by Crippen LogP contribution is -2.32. The maximum absolute atomic E-state index is 13.3. The molecule has 0 radical (unpaired) electrons. The van der Waals surface area contributed by atoms with Gasteiger partial charge in [0.05, 0.1) is 10.6 Å². The van der Waals surface area contributed by atoms with Gasteiger partial charge in [0.2, 0.25) is 21.8 Å². The van der Waals surface area contributed by atoms with E-state index in [0.717, 1.165) is 30.6 Å². The molecule has 3 amide bonds. The summed E-state index contributed by atoms with van der Waals surface area (Å²) in [5.74, 6) is -1.04.